The predicted molar refractivity (Wildman–Crippen MR) is 112 cm³/mol. The molecule has 1 N–H and O–H groups in total. The molecule has 0 aliphatic carbocycles. The van der Waals surface area contributed by atoms with Gasteiger partial charge in [-0.05, 0) is 56.2 Å². The zero-order valence-electron chi connectivity index (χ0n) is 16.7. The van der Waals surface area contributed by atoms with E-state index in [-0.39, 0.29) is 17.4 Å². The van der Waals surface area contributed by atoms with E-state index in [9.17, 15) is 9.59 Å². The average molecular weight is 389 g/mol. The van der Waals surface area contributed by atoms with E-state index in [4.69, 9.17) is 0 Å². The lowest BCUT2D eigenvalue weighted by Gasteiger charge is -2.18. The highest BCUT2D eigenvalue weighted by molar-refractivity contribution is 6.04. The molecule has 0 aliphatic rings. The molecule has 1 aromatic carbocycles. The van der Waals surface area contributed by atoms with Gasteiger partial charge in [0.1, 0.15) is 5.69 Å². The van der Waals surface area contributed by atoms with Gasteiger partial charge in [-0.1, -0.05) is 12.1 Å². The first-order valence-electron chi connectivity index (χ1n) is 9.30. The van der Waals surface area contributed by atoms with E-state index in [1.54, 1.807) is 42.7 Å². The van der Waals surface area contributed by atoms with Gasteiger partial charge in [0.05, 0.1) is 0 Å². The number of nitrogens with one attached hydrogen (secondary N) is 1. The van der Waals surface area contributed by atoms with E-state index in [1.165, 1.54) is 12.5 Å². The zero-order valence-corrected chi connectivity index (χ0v) is 16.7. The van der Waals surface area contributed by atoms with Crippen LogP contribution in [0.5, 0.6) is 0 Å². The van der Waals surface area contributed by atoms with Crippen LogP contribution in [0.15, 0.2) is 54.9 Å². The number of rotatable bonds is 7. The molecule has 0 bridgehead atoms. The van der Waals surface area contributed by atoms with Crippen molar-refractivity contribution in [3.8, 4) is 0 Å². The number of aryl methyl sites for hydroxylation is 1. The number of ketones is 1. The first-order valence-corrected chi connectivity index (χ1v) is 9.30. The number of nitrogens with zero attached hydrogens (tertiary/aromatic N) is 4. The number of pyridine rings is 1. The topological polar surface area (TPSA) is 88.1 Å². The second kappa shape index (κ2) is 9.05. The van der Waals surface area contributed by atoms with Crippen molar-refractivity contribution in [2.45, 2.75) is 20.3 Å². The molecule has 2 heterocycles. The lowest BCUT2D eigenvalue weighted by Crippen LogP contribution is -2.24. The molecule has 148 valence electrons. The first kappa shape index (κ1) is 20.1. The second-order valence-electron chi connectivity index (χ2n) is 6.81. The van der Waals surface area contributed by atoms with Crippen molar-refractivity contribution in [3.05, 3.63) is 77.4 Å². The summed E-state index contributed by atoms with van der Waals surface area (Å²) in [7, 11) is 1.90. The monoisotopic (exact) mass is 389 g/mol. The number of likely N-dealkylation sites (N-methyl/N-ethyl adjacent to an activating group) is 1. The molecule has 0 radical (unpaired) electrons. The third-order valence-corrected chi connectivity index (χ3v) is 4.43. The highest BCUT2D eigenvalue weighted by atomic mass is 16.2. The van der Waals surface area contributed by atoms with Gasteiger partial charge in [0, 0.05) is 42.9 Å². The highest BCUT2D eigenvalue weighted by Gasteiger charge is 2.14. The fourth-order valence-corrected chi connectivity index (χ4v) is 2.80. The molecule has 1 amide bonds. The Bertz CT molecular complexity index is 1020. The fourth-order valence-electron chi connectivity index (χ4n) is 2.80. The zero-order chi connectivity index (χ0) is 20.8. The summed E-state index contributed by atoms with van der Waals surface area (Å²) in [5, 5.41) is 2.80. The minimum absolute atomic E-state index is 0.0583. The molecular formula is C22H23N5O2. The Kier molecular flexibility index (Phi) is 6.29. The van der Waals surface area contributed by atoms with Gasteiger partial charge in [-0.3, -0.25) is 14.6 Å². The van der Waals surface area contributed by atoms with Gasteiger partial charge in [-0.2, -0.15) is 0 Å². The maximum absolute atomic E-state index is 12.7. The van der Waals surface area contributed by atoms with E-state index in [2.05, 4.69) is 20.3 Å². The number of benzene rings is 1. The number of amides is 1. The number of Topliss-reactive ketones (excluding diaryl/α,β-unsaturated/α-hetero) is 1. The van der Waals surface area contributed by atoms with Crippen LogP contribution in [-0.4, -0.2) is 40.2 Å². The maximum atomic E-state index is 12.7. The van der Waals surface area contributed by atoms with Gasteiger partial charge >= 0.3 is 0 Å². The molecule has 29 heavy (non-hydrogen) atoms. The maximum Gasteiger partial charge on any atom is 0.274 e. The Balaban J connectivity index is 1.73. The Morgan fingerprint density at radius 2 is 1.83 bits per heavy atom. The minimum atomic E-state index is -0.347. The summed E-state index contributed by atoms with van der Waals surface area (Å²) in [5.41, 5.74) is 3.23. The number of hydrogen-bond acceptors (Lipinski definition) is 6. The molecule has 3 rings (SSSR count). The van der Waals surface area contributed by atoms with Gasteiger partial charge in [0.2, 0.25) is 5.95 Å². The van der Waals surface area contributed by atoms with Crippen LogP contribution >= 0.6 is 0 Å². The van der Waals surface area contributed by atoms with Crippen LogP contribution in [0.1, 0.15) is 39.0 Å². The molecule has 3 aromatic rings. The number of aromatic nitrogens is 3. The summed E-state index contributed by atoms with van der Waals surface area (Å²) >= 11 is 0. The summed E-state index contributed by atoms with van der Waals surface area (Å²) in [6.07, 6.45) is 4.35. The van der Waals surface area contributed by atoms with Crippen LogP contribution in [0.2, 0.25) is 0 Å². The smallest absolute Gasteiger partial charge is 0.274 e. The Morgan fingerprint density at radius 3 is 2.55 bits per heavy atom. The molecule has 0 atom stereocenters. The molecule has 0 fully saturated rings. The van der Waals surface area contributed by atoms with Crippen molar-refractivity contribution in [2.24, 2.45) is 0 Å². The van der Waals surface area contributed by atoms with Crippen LogP contribution in [0, 0.1) is 6.92 Å². The highest BCUT2D eigenvalue weighted by Crippen LogP contribution is 2.15. The van der Waals surface area contributed by atoms with Gasteiger partial charge in [0.15, 0.2) is 5.78 Å². The largest absolute Gasteiger partial charge is 0.344 e. The molecular weight excluding hydrogens is 366 g/mol. The standard InChI is InChI=1S/C22H23N5O2/c1-15-13-20(21(29)25-19-6-4-5-18(14-19)16(2)28)26-22(24-15)27(3)12-9-17-7-10-23-11-8-17/h4-8,10-11,13-14H,9,12H2,1-3H3,(H,25,29). The summed E-state index contributed by atoms with van der Waals surface area (Å²) < 4.78 is 0. The average Bonchev–Trinajstić information content (AvgIpc) is 2.72. The molecule has 0 saturated heterocycles. The number of carbonyl (C=O) groups is 2. The summed E-state index contributed by atoms with van der Waals surface area (Å²) in [5.74, 6) is 0.0822. The van der Waals surface area contributed by atoms with E-state index in [1.807, 2.05) is 31.0 Å². The fraction of sp³-hybridized carbons (Fsp3) is 0.227. The molecule has 0 aliphatic heterocycles. The second-order valence-corrected chi connectivity index (χ2v) is 6.81. The van der Waals surface area contributed by atoms with Crippen LogP contribution in [0.3, 0.4) is 0 Å². The minimum Gasteiger partial charge on any atom is -0.344 e. The molecule has 0 unspecified atom stereocenters. The number of anilines is 2. The van der Waals surface area contributed by atoms with E-state index < -0.39 is 0 Å². The lowest BCUT2D eigenvalue weighted by molar-refractivity contribution is 0.100. The van der Waals surface area contributed by atoms with Crippen molar-refractivity contribution in [3.63, 3.8) is 0 Å². The molecule has 0 spiro atoms. The normalized spacial score (nSPS) is 10.4. The van der Waals surface area contributed by atoms with Gasteiger partial charge in [-0.25, -0.2) is 9.97 Å². The third kappa shape index (κ3) is 5.44. The van der Waals surface area contributed by atoms with Crippen molar-refractivity contribution in [1.29, 1.82) is 0 Å². The van der Waals surface area contributed by atoms with Crippen LogP contribution in [0.4, 0.5) is 11.6 Å². The SMILES string of the molecule is CC(=O)c1cccc(NC(=O)c2cc(C)nc(N(C)CCc3ccncc3)n2)c1. The first-order chi connectivity index (χ1) is 13.9. The van der Waals surface area contributed by atoms with Gasteiger partial charge in [-0.15, -0.1) is 0 Å². The lowest BCUT2D eigenvalue weighted by atomic mass is 10.1. The van der Waals surface area contributed by atoms with Crippen LogP contribution in [-0.2, 0) is 6.42 Å². The summed E-state index contributed by atoms with van der Waals surface area (Å²) in [4.78, 5) is 39.0. The summed E-state index contributed by atoms with van der Waals surface area (Å²) in [6, 6.07) is 12.4. The molecule has 7 nitrogen and oxygen atoms in total. The number of hydrogen-bond donors (Lipinski definition) is 1. The van der Waals surface area contributed by atoms with Gasteiger partial charge < -0.3 is 10.2 Å². The Hall–Kier alpha value is -3.61. The van der Waals surface area contributed by atoms with Crippen molar-refractivity contribution < 1.29 is 9.59 Å². The Morgan fingerprint density at radius 1 is 1.07 bits per heavy atom. The van der Waals surface area contributed by atoms with Crippen molar-refractivity contribution in [1.82, 2.24) is 15.0 Å². The quantitative estimate of drug-likeness (QED) is 0.624. The Labute approximate surface area is 169 Å². The molecule has 0 saturated carbocycles. The van der Waals surface area contributed by atoms with E-state index in [0.717, 1.165) is 6.42 Å². The van der Waals surface area contributed by atoms with E-state index >= 15 is 0 Å². The summed E-state index contributed by atoms with van der Waals surface area (Å²) in [6.45, 7) is 4.02. The third-order valence-electron chi connectivity index (χ3n) is 4.43. The molecule has 7 heteroatoms. The number of carbonyl (C=O) groups excluding carboxylic acids is 2. The predicted octanol–water partition coefficient (Wildman–Crippen LogP) is 3.31. The van der Waals surface area contributed by atoms with E-state index in [0.29, 0.717) is 29.4 Å². The van der Waals surface area contributed by atoms with Crippen molar-refractivity contribution in [2.75, 3.05) is 23.8 Å². The van der Waals surface area contributed by atoms with Crippen LogP contribution < -0.4 is 10.2 Å². The van der Waals surface area contributed by atoms with Crippen LogP contribution in [0.25, 0.3) is 0 Å². The molecule has 2 aromatic heterocycles. The van der Waals surface area contributed by atoms with Gasteiger partial charge in [0.25, 0.3) is 5.91 Å². The van der Waals surface area contributed by atoms with Crippen molar-refractivity contribution >= 4 is 23.3 Å².